The average molecular weight is 344 g/mol. The Morgan fingerprint density at radius 1 is 1.40 bits per heavy atom. The number of nitrogens with zero attached hydrogens (tertiary/aromatic N) is 2. The van der Waals surface area contributed by atoms with Gasteiger partial charge in [-0.05, 0) is 44.7 Å². The molecule has 2 fully saturated rings. The molecule has 2 heterocycles. The smallest absolute Gasteiger partial charge is 0.239 e. The van der Waals surface area contributed by atoms with Crippen molar-refractivity contribution in [2.24, 2.45) is 5.73 Å². The molecule has 2 N–H and O–H groups in total. The molecule has 0 saturated carbocycles. The third-order valence-electron chi connectivity index (χ3n) is 4.17. The number of thioether (sulfide) groups is 1. The predicted octanol–water partition coefficient (Wildman–Crippen LogP) is 1.61. The molecule has 3 atom stereocenters. The fraction of sp³-hybridized carbons (Fsp3) is 0.923. The lowest BCUT2D eigenvalue weighted by atomic mass is 10.1. The zero-order valence-corrected chi connectivity index (χ0v) is 14.7. The highest BCUT2D eigenvalue weighted by Crippen LogP contribution is 2.25. The molecule has 2 rings (SSSR count). The largest absolute Gasteiger partial charge is 0.336 e. The summed E-state index contributed by atoms with van der Waals surface area (Å²) in [4.78, 5) is 16.9. The average Bonchev–Trinajstić information content (AvgIpc) is 2.81. The Labute approximate surface area is 139 Å². The van der Waals surface area contributed by atoms with Gasteiger partial charge >= 0.3 is 0 Å². The van der Waals surface area contributed by atoms with Gasteiger partial charge in [0.05, 0.1) is 6.04 Å². The molecule has 120 valence electrons. The second-order valence-corrected chi connectivity index (χ2v) is 6.50. The van der Waals surface area contributed by atoms with Crippen molar-refractivity contribution < 1.29 is 4.79 Å². The highest BCUT2D eigenvalue weighted by molar-refractivity contribution is 7.98. The fourth-order valence-electron chi connectivity index (χ4n) is 3.08. The minimum atomic E-state index is -0.312. The van der Waals surface area contributed by atoms with Crippen molar-refractivity contribution in [2.45, 2.75) is 44.3 Å². The van der Waals surface area contributed by atoms with Gasteiger partial charge in [-0.15, -0.1) is 24.8 Å². The number of hydrogen-bond acceptors (Lipinski definition) is 4. The number of halogens is 2. The van der Waals surface area contributed by atoms with Crippen molar-refractivity contribution in [3.8, 4) is 0 Å². The second-order valence-electron chi connectivity index (χ2n) is 5.52. The van der Waals surface area contributed by atoms with Crippen molar-refractivity contribution in [3.63, 3.8) is 0 Å². The maximum Gasteiger partial charge on any atom is 0.239 e. The number of nitrogens with two attached hydrogens (primary N) is 1. The molecule has 0 aliphatic carbocycles. The molecule has 2 unspecified atom stereocenters. The van der Waals surface area contributed by atoms with Crippen LogP contribution in [0, 0.1) is 0 Å². The molecule has 0 bridgehead atoms. The lowest BCUT2D eigenvalue weighted by molar-refractivity contribution is -0.138. The SMILES string of the molecule is CSCC[C@H](N)C(=O)N1CC2CCCN2CC1C.Cl.Cl. The van der Waals surface area contributed by atoms with E-state index in [1.54, 1.807) is 11.8 Å². The Morgan fingerprint density at radius 2 is 2.10 bits per heavy atom. The number of carbonyl (C=O) groups is 1. The van der Waals surface area contributed by atoms with Crippen LogP contribution in [-0.4, -0.2) is 65.5 Å². The second kappa shape index (κ2) is 9.36. The first-order valence-electron chi connectivity index (χ1n) is 6.92. The van der Waals surface area contributed by atoms with E-state index < -0.39 is 0 Å². The van der Waals surface area contributed by atoms with E-state index in [1.165, 1.54) is 19.4 Å². The molecule has 0 aromatic heterocycles. The molecule has 1 amide bonds. The fourth-order valence-corrected chi connectivity index (χ4v) is 3.57. The molecule has 20 heavy (non-hydrogen) atoms. The third kappa shape index (κ3) is 4.67. The quantitative estimate of drug-likeness (QED) is 0.842. The van der Waals surface area contributed by atoms with Gasteiger partial charge in [0.25, 0.3) is 0 Å². The summed E-state index contributed by atoms with van der Waals surface area (Å²) < 4.78 is 0. The normalized spacial score (nSPS) is 27.2. The van der Waals surface area contributed by atoms with Crippen molar-refractivity contribution in [1.82, 2.24) is 9.80 Å². The van der Waals surface area contributed by atoms with E-state index in [0.29, 0.717) is 12.1 Å². The van der Waals surface area contributed by atoms with Crippen molar-refractivity contribution >= 4 is 42.5 Å². The summed E-state index contributed by atoms with van der Waals surface area (Å²) >= 11 is 1.75. The summed E-state index contributed by atoms with van der Waals surface area (Å²) in [6, 6.07) is 0.581. The van der Waals surface area contributed by atoms with Crippen molar-refractivity contribution in [1.29, 1.82) is 0 Å². The van der Waals surface area contributed by atoms with Gasteiger partial charge in [-0.25, -0.2) is 0 Å². The number of amides is 1. The van der Waals surface area contributed by atoms with Crippen LogP contribution in [-0.2, 0) is 4.79 Å². The van der Waals surface area contributed by atoms with Gasteiger partial charge in [0.1, 0.15) is 0 Å². The predicted molar refractivity (Wildman–Crippen MR) is 91.2 cm³/mol. The molecule has 7 heteroatoms. The first kappa shape index (κ1) is 20.3. The van der Waals surface area contributed by atoms with Gasteiger partial charge in [0.15, 0.2) is 0 Å². The highest BCUT2D eigenvalue weighted by atomic mass is 35.5. The molecular weight excluding hydrogens is 317 g/mol. The van der Waals surface area contributed by atoms with Gasteiger partial charge in [0.2, 0.25) is 5.91 Å². The number of fused-ring (bicyclic) bond motifs is 1. The maximum atomic E-state index is 12.4. The van der Waals surface area contributed by atoms with E-state index in [9.17, 15) is 4.79 Å². The zero-order chi connectivity index (χ0) is 13.1. The van der Waals surface area contributed by atoms with E-state index in [-0.39, 0.29) is 36.8 Å². The summed E-state index contributed by atoms with van der Waals surface area (Å²) in [7, 11) is 0. The topological polar surface area (TPSA) is 49.6 Å². The van der Waals surface area contributed by atoms with Crippen LogP contribution in [0.25, 0.3) is 0 Å². The monoisotopic (exact) mass is 343 g/mol. The van der Waals surface area contributed by atoms with Gasteiger partial charge in [-0.3, -0.25) is 9.69 Å². The molecule has 0 radical (unpaired) electrons. The van der Waals surface area contributed by atoms with Crippen molar-refractivity contribution in [2.75, 3.05) is 31.6 Å². The van der Waals surface area contributed by atoms with Crippen LogP contribution in [0.4, 0.5) is 0 Å². The Hall–Kier alpha value is 0.320. The number of rotatable bonds is 4. The van der Waals surface area contributed by atoms with Crippen LogP contribution in [0.1, 0.15) is 26.2 Å². The Balaban J connectivity index is 0.00000180. The first-order chi connectivity index (χ1) is 8.63. The number of hydrogen-bond donors (Lipinski definition) is 1. The van der Waals surface area contributed by atoms with Crippen LogP contribution >= 0.6 is 36.6 Å². The molecular formula is C13H27Cl2N3OS. The lowest BCUT2D eigenvalue weighted by Crippen LogP contribution is -2.59. The molecule has 2 aliphatic rings. The standard InChI is InChI=1S/C13H25N3OS.2ClH/c1-10-8-15-6-3-4-11(15)9-16(10)13(17)12(14)5-7-18-2;;/h10-12H,3-9,14H2,1-2H3;2*1H/t10?,11?,12-;;/m0../s1. The minimum absolute atomic E-state index is 0. The van der Waals surface area contributed by atoms with Gasteiger partial charge < -0.3 is 10.6 Å². The minimum Gasteiger partial charge on any atom is -0.336 e. The lowest BCUT2D eigenvalue weighted by Gasteiger charge is -2.43. The molecule has 4 nitrogen and oxygen atoms in total. The van der Waals surface area contributed by atoms with E-state index >= 15 is 0 Å². The summed E-state index contributed by atoms with van der Waals surface area (Å²) in [6.07, 6.45) is 5.35. The van der Waals surface area contributed by atoms with E-state index in [2.05, 4.69) is 18.1 Å². The van der Waals surface area contributed by atoms with E-state index in [1.807, 2.05) is 4.90 Å². The summed E-state index contributed by atoms with van der Waals surface area (Å²) in [5.41, 5.74) is 6.02. The van der Waals surface area contributed by atoms with Gasteiger partial charge in [0, 0.05) is 25.2 Å². The zero-order valence-electron chi connectivity index (χ0n) is 12.3. The summed E-state index contributed by atoms with van der Waals surface area (Å²) in [5, 5.41) is 0. The van der Waals surface area contributed by atoms with E-state index in [0.717, 1.165) is 25.3 Å². The molecule has 0 aromatic carbocycles. The van der Waals surface area contributed by atoms with Gasteiger partial charge in [-0.1, -0.05) is 0 Å². The molecule has 2 saturated heterocycles. The number of carbonyl (C=O) groups excluding carboxylic acids is 1. The first-order valence-corrected chi connectivity index (χ1v) is 8.32. The van der Waals surface area contributed by atoms with Crippen LogP contribution in [0.3, 0.4) is 0 Å². The maximum absolute atomic E-state index is 12.4. The summed E-state index contributed by atoms with van der Waals surface area (Å²) in [6.45, 7) is 5.25. The van der Waals surface area contributed by atoms with Crippen LogP contribution in [0.15, 0.2) is 0 Å². The van der Waals surface area contributed by atoms with Crippen LogP contribution in [0.5, 0.6) is 0 Å². The molecule has 0 spiro atoms. The van der Waals surface area contributed by atoms with E-state index in [4.69, 9.17) is 5.73 Å². The van der Waals surface area contributed by atoms with Crippen molar-refractivity contribution in [3.05, 3.63) is 0 Å². The number of piperazine rings is 1. The molecule has 0 aromatic rings. The summed E-state index contributed by atoms with van der Waals surface area (Å²) in [5.74, 6) is 1.12. The molecule has 2 aliphatic heterocycles. The highest BCUT2D eigenvalue weighted by Gasteiger charge is 2.37. The van der Waals surface area contributed by atoms with Crippen LogP contribution in [0.2, 0.25) is 0 Å². The third-order valence-corrected chi connectivity index (χ3v) is 4.81. The Bertz CT molecular complexity index is 309. The van der Waals surface area contributed by atoms with Crippen LogP contribution < -0.4 is 5.73 Å². The Morgan fingerprint density at radius 3 is 2.75 bits per heavy atom. The Kier molecular flexibility index (Phi) is 9.51. The van der Waals surface area contributed by atoms with Gasteiger partial charge in [-0.2, -0.15) is 11.8 Å².